The zero-order valence-corrected chi connectivity index (χ0v) is 17.0. The lowest BCUT2D eigenvalue weighted by atomic mass is 10.0. The molecule has 7 nitrogen and oxygen atoms in total. The molecule has 1 spiro atoms. The molecule has 4 heterocycles. The number of carbonyl (C=O) groups is 2. The Morgan fingerprint density at radius 1 is 1.28 bits per heavy atom. The number of ether oxygens (including phenoxy) is 1. The average Bonchev–Trinajstić information content (AvgIpc) is 3.43. The van der Waals surface area contributed by atoms with Crippen molar-refractivity contribution in [1.29, 1.82) is 0 Å². The molecule has 29 heavy (non-hydrogen) atoms. The van der Waals surface area contributed by atoms with Crippen LogP contribution in [0.25, 0.3) is 11.3 Å². The topological polar surface area (TPSA) is 67.7 Å². The minimum Gasteiger partial charge on any atom is -0.351 e. The fourth-order valence-corrected chi connectivity index (χ4v) is 5.18. The highest BCUT2D eigenvalue weighted by Gasteiger charge is 2.65. The van der Waals surface area contributed by atoms with Gasteiger partial charge in [-0.25, -0.2) is 0 Å². The number of amides is 2. The largest absolute Gasteiger partial charge is 0.351 e. The molecule has 3 aliphatic rings. The Bertz CT molecular complexity index is 970. The van der Waals surface area contributed by atoms with E-state index in [0.717, 1.165) is 11.3 Å². The van der Waals surface area contributed by atoms with Crippen molar-refractivity contribution in [3.63, 3.8) is 0 Å². The first kappa shape index (κ1) is 18.4. The molecule has 0 radical (unpaired) electrons. The van der Waals surface area contributed by atoms with Crippen LogP contribution < -0.4 is 0 Å². The summed E-state index contributed by atoms with van der Waals surface area (Å²) < 4.78 is 7.88. The molecule has 152 valence electrons. The van der Waals surface area contributed by atoms with Crippen molar-refractivity contribution < 1.29 is 14.3 Å². The second kappa shape index (κ2) is 6.42. The minimum absolute atomic E-state index is 0.0870. The smallest absolute Gasteiger partial charge is 0.272 e. The summed E-state index contributed by atoms with van der Waals surface area (Å²) in [7, 11) is 1.79. The van der Waals surface area contributed by atoms with E-state index in [1.165, 1.54) is 0 Å². The van der Waals surface area contributed by atoms with Crippen molar-refractivity contribution in [2.45, 2.75) is 44.5 Å². The maximum absolute atomic E-state index is 13.4. The highest BCUT2D eigenvalue weighted by molar-refractivity contribution is 5.95. The molecule has 3 aliphatic heterocycles. The van der Waals surface area contributed by atoms with Crippen molar-refractivity contribution in [3.05, 3.63) is 42.1 Å². The van der Waals surface area contributed by atoms with Gasteiger partial charge in [0.25, 0.3) is 5.91 Å². The molecule has 3 saturated heterocycles. The van der Waals surface area contributed by atoms with Gasteiger partial charge in [-0.3, -0.25) is 14.3 Å². The Labute approximate surface area is 170 Å². The summed E-state index contributed by atoms with van der Waals surface area (Å²) in [5, 5.41) is 4.53. The molecule has 2 aromatic rings. The zero-order chi connectivity index (χ0) is 20.3. The van der Waals surface area contributed by atoms with Crippen LogP contribution in [0, 0.1) is 5.92 Å². The van der Waals surface area contributed by atoms with Crippen LogP contribution in [-0.4, -0.2) is 62.4 Å². The Kier molecular flexibility index (Phi) is 4.07. The van der Waals surface area contributed by atoms with Crippen LogP contribution in [-0.2, 0) is 16.6 Å². The van der Waals surface area contributed by atoms with E-state index >= 15 is 0 Å². The van der Waals surface area contributed by atoms with Gasteiger partial charge in [-0.1, -0.05) is 44.2 Å². The number of nitrogens with zero attached hydrogens (tertiary/aromatic N) is 4. The standard InChI is InChI=1S/C22H26N4O3/c1-14(2)18-13-29-22-9-10-25(19(22)12-20(27)26(18)22)21(28)17-11-16(23-24(17)3)15-7-5-4-6-8-15/h4-8,11,14,18-19H,9-10,12-13H2,1-3H3/t18-,19+,22-/m0/s1. The predicted octanol–water partition coefficient (Wildman–Crippen LogP) is 2.29. The monoisotopic (exact) mass is 394 g/mol. The first-order chi connectivity index (χ1) is 13.9. The molecule has 0 saturated carbocycles. The molecular weight excluding hydrogens is 368 g/mol. The van der Waals surface area contributed by atoms with Crippen molar-refractivity contribution >= 4 is 11.8 Å². The Morgan fingerprint density at radius 2 is 2.03 bits per heavy atom. The summed E-state index contributed by atoms with van der Waals surface area (Å²) >= 11 is 0. The average molecular weight is 394 g/mol. The number of benzene rings is 1. The Hall–Kier alpha value is -2.67. The van der Waals surface area contributed by atoms with Crippen molar-refractivity contribution in [2.75, 3.05) is 13.2 Å². The van der Waals surface area contributed by atoms with E-state index in [0.29, 0.717) is 37.6 Å². The number of rotatable bonds is 3. The predicted molar refractivity (Wildman–Crippen MR) is 107 cm³/mol. The maximum Gasteiger partial charge on any atom is 0.272 e. The number of hydrogen-bond acceptors (Lipinski definition) is 4. The van der Waals surface area contributed by atoms with E-state index in [4.69, 9.17) is 4.74 Å². The summed E-state index contributed by atoms with van der Waals surface area (Å²) in [5.74, 6) is 0.335. The molecule has 1 aromatic heterocycles. The van der Waals surface area contributed by atoms with Crippen molar-refractivity contribution in [1.82, 2.24) is 19.6 Å². The van der Waals surface area contributed by atoms with Crippen LogP contribution in [0.15, 0.2) is 36.4 Å². The minimum atomic E-state index is -0.650. The molecule has 0 N–H and O–H groups in total. The summed E-state index contributed by atoms with van der Waals surface area (Å²) in [6, 6.07) is 11.5. The van der Waals surface area contributed by atoms with E-state index < -0.39 is 5.72 Å². The van der Waals surface area contributed by atoms with Gasteiger partial charge in [0, 0.05) is 25.6 Å². The molecular formula is C22H26N4O3. The van der Waals surface area contributed by atoms with Gasteiger partial charge in [0.05, 0.1) is 30.8 Å². The van der Waals surface area contributed by atoms with Gasteiger partial charge in [-0.05, 0) is 12.0 Å². The summed E-state index contributed by atoms with van der Waals surface area (Å²) in [6.07, 6.45) is 1.00. The van der Waals surface area contributed by atoms with E-state index in [-0.39, 0.29) is 23.9 Å². The van der Waals surface area contributed by atoms with Crippen LogP contribution in [0.4, 0.5) is 0 Å². The quantitative estimate of drug-likeness (QED) is 0.801. The SMILES string of the molecule is CC(C)[C@@H]1CO[C@@]23CCN(C(=O)c4cc(-c5ccccc5)nn4C)[C@@H]2CC(=O)N13. The fraction of sp³-hybridized carbons (Fsp3) is 0.500. The van der Waals surface area contributed by atoms with Crippen LogP contribution in [0.3, 0.4) is 0 Å². The van der Waals surface area contributed by atoms with Crippen molar-refractivity contribution in [2.24, 2.45) is 13.0 Å². The van der Waals surface area contributed by atoms with Gasteiger partial charge in [0.1, 0.15) is 5.69 Å². The maximum atomic E-state index is 13.4. The van der Waals surface area contributed by atoms with Gasteiger partial charge in [0.2, 0.25) is 5.91 Å². The van der Waals surface area contributed by atoms with Gasteiger partial charge in [0.15, 0.2) is 5.72 Å². The lowest BCUT2D eigenvalue weighted by Crippen LogP contribution is -2.51. The van der Waals surface area contributed by atoms with E-state index in [9.17, 15) is 9.59 Å². The molecule has 5 rings (SSSR count). The molecule has 0 bridgehead atoms. The number of hydrogen-bond donors (Lipinski definition) is 0. The number of aryl methyl sites for hydroxylation is 1. The zero-order valence-electron chi connectivity index (χ0n) is 17.0. The molecule has 2 amide bonds. The third kappa shape index (κ3) is 2.56. The summed E-state index contributed by atoms with van der Waals surface area (Å²) in [6.45, 7) is 5.37. The van der Waals surface area contributed by atoms with Crippen LogP contribution in [0.2, 0.25) is 0 Å². The summed E-state index contributed by atoms with van der Waals surface area (Å²) in [5.41, 5.74) is 1.63. The Balaban J connectivity index is 1.44. The third-order valence-electron chi connectivity index (χ3n) is 6.69. The second-order valence-electron chi connectivity index (χ2n) is 8.60. The van der Waals surface area contributed by atoms with E-state index in [1.807, 2.05) is 46.2 Å². The van der Waals surface area contributed by atoms with Gasteiger partial charge >= 0.3 is 0 Å². The molecule has 7 heteroatoms. The number of aromatic nitrogens is 2. The van der Waals surface area contributed by atoms with Crippen LogP contribution in [0.1, 0.15) is 37.2 Å². The van der Waals surface area contributed by atoms with Gasteiger partial charge in [-0.2, -0.15) is 5.10 Å². The first-order valence-corrected chi connectivity index (χ1v) is 10.3. The van der Waals surface area contributed by atoms with E-state index in [1.54, 1.807) is 11.7 Å². The molecule has 0 unspecified atom stereocenters. The van der Waals surface area contributed by atoms with Crippen LogP contribution >= 0.6 is 0 Å². The number of carbonyl (C=O) groups excluding carboxylic acids is 2. The first-order valence-electron chi connectivity index (χ1n) is 10.3. The normalized spacial score (nSPS) is 28.3. The van der Waals surface area contributed by atoms with Gasteiger partial charge < -0.3 is 14.5 Å². The second-order valence-corrected chi connectivity index (χ2v) is 8.60. The number of likely N-dealkylation sites (tertiary alicyclic amines) is 1. The lowest BCUT2D eigenvalue weighted by molar-refractivity contribution is -0.139. The molecule has 0 aliphatic carbocycles. The van der Waals surface area contributed by atoms with Crippen LogP contribution in [0.5, 0.6) is 0 Å². The highest BCUT2D eigenvalue weighted by atomic mass is 16.5. The Morgan fingerprint density at radius 3 is 2.76 bits per heavy atom. The van der Waals surface area contributed by atoms with Gasteiger partial charge in [-0.15, -0.1) is 0 Å². The third-order valence-corrected chi connectivity index (χ3v) is 6.69. The van der Waals surface area contributed by atoms with E-state index in [2.05, 4.69) is 18.9 Å². The highest BCUT2D eigenvalue weighted by Crippen LogP contribution is 2.49. The molecule has 3 atom stereocenters. The molecule has 3 fully saturated rings. The molecule has 1 aromatic carbocycles. The fourth-order valence-electron chi connectivity index (χ4n) is 5.18. The summed E-state index contributed by atoms with van der Waals surface area (Å²) in [4.78, 5) is 30.0. The van der Waals surface area contributed by atoms with Crippen molar-refractivity contribution in [3.8, 4) is 11.3 Å². The lowest BCUT2D eigenvalue weighted by Gasteiger charge is -2.34.